The fourth-order valence-corrected chi connectivity index (χ4v) is 1.47. The first kappa shape index (κ1) is 5.15. The molecule has 2 aromatic carbocycles. The third-order valence-electron chi connectivity index (χ3n) is 1.66. The number of halogens is 1. The minimum atomic E-state index is -0.121. The largest absolute Gasteiger partial charge is 0.0640 e. The zero-order valence-electron chi connectivity index (χ0n) is 10.8. The second kappa shape index (κ2) is 3.92. The topological polar surface area (TPSA) is 0 Å². The van der Waals surface area contributed by atoms with Crippen molar-refractivity contribution in [1.82, 2.24) is 0 Å². The maximum atomic E-state index is 7.98. The van der Waals surface area contributed by atoms with E-state index in [1.54, 1.807) is 0 Å². The lowest BCUT2D eigenvalue weighted by Gasteiger charge is -2.00. The molecule has 0 bridgehead atoms. The Kier molecular flexibility index (Phi) is 1.55. The molecule has 0 heterocycles. The van der Waals surface area contributed by atoms with Gasteiger partial charge in [0.2, 0.25) is 0 Å². The monoisotopic (exact) mass is 284 g/mol. The average molecular weight is 284 g/mol. The predicted octanol–water partition coefficient (Wildman–Crippen LogP) is 3.96. The van der Waals surface area contributed by atoms with Crippen LogP contribution in [0, 0.1) is 3.57 Å². The zero-order valence-corrected chi connectivity index (χ0v) is 8.92. The molecule has 13 heavy (non-hydrogen) atoms. The lowest BCUT2D eigenvalue weighted by molar-refractivity contribution is 1.59. The highest BCUT2D eigenvalue weighted by Gasteiger charge is 1.95. The van der Waals surface area contributed by atoms with Crippen molar-refractivity contribution < 1.29 is 5.48 Å². The number of hydrogen-bond donors (Lipinski definition) is 0. The van der Waals surface area contributed by atoms with Crippen LogP contribution in [0.15, 0.2) is 54.5 Å². The summed E-state index contributed by atoms with van der Waals surface area (Å²) in [5.74, 6) is 0. The minimum Gasteiger partial charge on any atom is -0.0622 e. The Balaban J connectivity index is 2.80. The molecule has 0 amide bonds. The first-order valence-corrected chi connectivity index (χ1v) is 4.93. The van der Waals surface area contributed by atoms with Gasteiger partial charge in [-0.1, -0.05) is 42.4 Å². The van der Waals surface area contributed by atoms with Crippen LogP contribution in [0.2, 0.25) is 0 Å². The Hall–Kier alpha value is -0.830. The normalized spacial score (nSPS) is 14.2. The molecule has 0 aliphatic carbocycles. The van der Waals surface area contributed by atoms with Gasteiger partial charge in [0.15, 0.2) is 0 Å². The molecular formula is C12H9I. The van der Waals surface area contributed by atoms with Gasteiger partial charge in [-0.05, 0) is 45.8 Å². The SMILES string of the molecule is [2H]c1c([2H])c(I)c([2H])c(-c2ccccc2)c1[2H]. The first-order chi connectivity index (χ1) is 8.04. The van der Waals surface area contributed by atoms with Gasteiger partial charge in [-0.15, -0.1) is 0 Å². The number of rotatable bonds is 1. The summed E-state index contributed by atoms with van der Waals surface area (Å²) in [4.78, 5) is 0. The van der Waals surface area contributed by atoms with Crippen molar-refractivity contribution in [2.75, 3.05) is 0 Å². The van der Waals surface area contributed by atoms with E-state index in [0.29, 0.717) is 9.13 Å². The summed E-state index contributed by atoms with van der Waals surface area (Å²) in [5, 5.41) is 0. The van der Waals surface area contributed by atoms with Crippen LogP contribution < -0.4 is 0 Å². The Labute approximate surface area is 97.4 Å². The third kappa shape index (κ3) is 2.10. The second-order valence-electron chi connectivity index (χ2n) is 2.56. The quantitative estimate of drug-likeness (QED) is 0.695. The van der Waals surface area contributed by atoms with Crippen LogP contribution in [-0.2, 0) is 0 Å². The summed E-state index contributed by atoms with van der Waals surface area (Å²) in [6, 6.07) is 9.09. The van der Waals surface area contributed by atoms with Crippen LogP contribution in [0.25, 0.3) is 11.1 Å². The van der Waals surface area contributed by atoms with E-state index in [0.717, 1.165) is 5.56 Å². The molecule has 0 aromatic heterocycles. The lowest BCUT2D eigenvalue weighted by atomic mass is 10.1. The first-order valence-electron chi connectivity index (χ1n) is 5.85. The molecule has 0 spiro atoms. The molecular weight excluding hydrogens is 271 g/mol. The Morgan fingerprint density at radius 2 is 1.77 bits per heavy atom. The van der Waals surface area contributed by atoms with Crippen molar-refractivity contribution in [3.05, 3.63) is 58.1 Å². The van der Waals surface area contributed by atoms with Crippen molar-refractivity contribution in [3.8, 4) is 11.1 Å². The van der Waals surface area contributed by atoms with Crippen LogP contribution in [0.1, 0.15) is 5.48 Å². The van der Waals surface area contributed by atoms with Crippen LogP contribution in [-0.4, -0.2) is 0 Å². The van der Waals surface area contributed by atoms with Gasteiger partial charge in [0.05, 0.1) is 5.48 Å². The number of benzene rings is 2. The third-order valence-corrected chi connectivity index (χ3v) is 2.20. The molecule has 0 fully saturated rings. The van der Waals surface area contributed by atoms with Crippen molar-refractivity contribution in [2.45, 2.75) is 0 Å². The molecule has 0 saturated carbocycles. The minimum absolute atomic E-state index is 0.0414. The molecule has 0 unspecified atom stereocenters. The molecule has 1 heteroatoms. The van der Waals surface area contributed by atoms with E-state index in [-0.39, 0.29) is 24.2 Å². The summed E-state index contributed by atoms with van der Waals surface area (Å²) in [6.45, 7) is 0. The van der Waals surface area contributed by atoms with Gasteiger partial charge >= 0.3 is 0 Å². The van der Waals surface area contributed by atoms with E-state index in [1.807, 2.05) is 52.9 Å². The van der Waals surface area contributed by atoms with Crippen LogP contribution in [0.5, 0.6) is 0 Å². The van der Waals surface area contributed by atoms with Crippen LogP contribution >= 0.6 is 22.6 Å². The summed E-state index contributed by atoms with van der Waals surface area (Å²) < 4.78 is 31.6. The molecule has 0 atom stereocenters. The highest BCUT2D eigenvalue weighted by atomic mass is 127. The molecule has 0 radical (unpaired) electrons. The Morgan fingerprint density at radius 3 is 2.54 bits per heavy atom. The smallest absolute Gasteiger partial charge is 0.0622 e. The van der Waals surface area contributed by atoms with Crippen molar-refractivity contribution in [3.63, 3.8) is 0 Å². The van der Waals surface area contributed by atoms with Gasteiger partial charge in [0.25, 0.3) is 0 Å². The van der Waals surface area contributed by atoms with E-state index in [2.05, 4.69) is 0 Å². The summed E-state index contributed by atoms with van der Waals surface area (Å²) in [5.41, 5.74) is 1.17. The van der Waals surface area contributed by atoms with E-state index < -0.39 is 0 Å². The van der Waals surface area contributed by atoms with E-state index in [4.69, 9.17) is 5.48 Å². The molecule has 0 N–H and O–H groups in total. The van der Waals surface area contributed by atoms with Gasteiger partial charge in [-0.25, -0.2) is 0 Å². The maximum absolute atomic E-state index is 7.98. The lowest BCUT2D eigenvalue weighted by Crippen LogP contribution is -1.77. The molecule has 2 rings (SSSR count). The molecule has 0 nitrogen and oxygen atoms in total. The van der Waals surface area contributed by atoms with Gasteiger partial charge < -0.3 is 0 Å². The molecule has 0 aliphatic rings. The fourth-order valence-electron chi connectivity index (χ4n) is 1.07. The zero-order chi connectivity index (χ0) is 12.6. The van der Waals surface area contributed by atoms with E-state index >= 15 is 0 Å². The summed E-state index contributed by atoms with van der Waals surface area (Å²) in [6.07, 6.45) is 0. The number of hydrogen-bond acceptors (Lipinski definition) is 0. The highest BCUT2D eigenvalue weighted by molar-refractivity contribution is 14.1. The van der Waals surface area contributed by atoms with E-state index in [1.165, 1.54) is 0 Å². The van der Waals surface area contributed by atoms with Crippen molar-refractivity contribution >= 4 is 22.6 Å². The van der Waals surface area contributed by atoms with Crippen molar-refractivity contribution in [2.24, 2.45) is 0 Å². The summed E-state index contributed by atoms with van der Waals surface area (Å²) in [7, 11) is 0. The average Bonchev–Trinajstić information content (AvgIpc) is 2.36. The molecule has 64 valence electrons. The second-order valence-corrected chi connectivity index (χ2v) is 3.63. The van der Waals surface area contributed by atoms with Gasteiger partial charge in [-0.2, -0.15) is 0 Å². The Morgan fingerprint density at radius 1 is 1.00 bits per heavy atom. The van der Waals surface area contributed by atoms with Crippen molar-refractivity contribution in [1.29, 1.82) is 0 Å². The fraction of sp³-hybridized carbons (Fsp3) is 0. The molecule has 0 aliphatic heterocycles. The van der Waals surface area contributed by atoms with Gasteiger partial charge in [-0.3, -0.25) is 0 Å². The predicted molar refractivity (Wildman–Crippen MR) is 64.6 cm³/mol. The van der Waals surface area contributed by atoms with Gasteiger partial charge in [0.1, 0.15) is 0 Å². The summed E-state index contributed by atoms with van der Waals surface area (Å²) >= 11 is 1.89. The van der Waals surface area contributed by atoms with Crippen LogP contribution in [0.3, 0.4) is 0 Å². The molecule has 0 saturated heterocycles. The Bertz CT molecular complexity index is 537. The standard InChI is InChI=1S/C12H9I/c13-12-8-4-7-11(9-12)10-5-2-1-3-6-10/h1-9H/i4D,7D,8D,9D. The molecule has 2 aromatic rings. The van der Waals surface area contributed by atoms with Gasteiger partial charge in [0, 0.05) is 3.57 Å². The highest BCUT2D eigenvalue weighted by Crippen LogP contribution is 2.20. The van der Waals surface area contributed by atoms with Crippen LogP contribution in [0.4, 0.5) is 0 Å². The van der Waals surface area contributed by atoms with E-state index in [9.17, 15) is 0 Å². The maximum Gasteiger partial charge on any atom is 0.0640 e.